The maximum atomic E-state index is 6.39. The fraction of sp³-hybridized carbons (Fsp3) is 0.333. The second kappa shape index (κ2) is 6.61. The first-order valence-corrected chi connectivity index (χ1v) is 7.90. The third-order valence-electron chi connectivity index (χ3n) is 4.18. The van der Waals surface area contributed by atoms with Gasteiger partial charge in [0.2, 0.25) is 0 Å². The summed E-state index contributed by atoms with van der Waals surface area (Å²) in [6.07, 6.45) is 2.38. The number of hydrogen-bond donors (Lipinski definition) is 1. The third-order valence-corrected chi connectivity index (χ3v) is 4.53. The zero-order valence-corrected chi connectivity index (χ0v) is 12.9. The average Bonchev–Trinajstić information content (AvgIpc) is 2.71. The molecule has 0 spiro atoms. The van der Waals surface area contributed by atoms with Crippen molar-refractivity contribution in [2.24, 2.45) is 5.73 Å². The van der Waals surface area contributed by atoms with Crippen molar-refractivity contribution in [1.82, 2.24) is 4.90 Å². The van der Waals surface area contributed by atoms with Crippen molar-refractivity contribution in [2.45, 2.75) is 32.5 Å². The molecule has 0 bridgehead atoms. The minimum Gasteiger partial charge on any atom is -0.326 e. The van der Waals surface area contributed by atoms with E-state index in [0.717, 1.165) is 30.2 Å². The van der Waals surface area contributed by atoms with E-state index in [-0.39, 0.29) is 0 Å². The van der Waals surface area contributed by atoms with Crippen LogP contribution >= 0.6 is 11.6 Å². The third kappa shape index (κ3) is 3.46. The molecular formula is C18H21ClN2. The summed E-state index contributed by atoms with van der Waals surface area (Å²) in [5.41, 5.74) is 10.9. The minimum absolute atomic E-state index is 0.539. The van der Waals surface area contributed by atoms with Crippen LogP contribution in [0, 0.1) is 0 Å². The summed E-state index contributed by atoms with van der Waals surface area (Å²) in [7, 11) is 0. The summed E-state index contributed by atoms with van der Waals surface area (Å²) in [5.74, 6) is 0. The Kier molecular flexibility index (Phi) is 4.59. The molecule has 3 heteroatoms. The van der Waals surface area contributed by atoms with E-state index in [1.54, 1.807) is 0 Å². The number of benzene rings is 2. The van der Waals surface area contributed by atoms with Crippen molar-refractivity contribution < 1.29 is 0 Å². The Balaban J connectivity index is 1.76. The highest BCUT2D eigenvalue weighted by Gasteiger charge is 2.15. The standard InChI is InChI=1S/C18H21ClN2/c19-18-10-14(11-20)7-8-17(18)13-21-9-3-6-15-4-1-2-5-16(15)12-21/h1-2,4-5,7-8,10H,3,6,9,11-13,20H2. The van der Waals surface area contributed by atoms with Crippen molar-refractivity contribution in [2.75, 3.05) is 6.54 Å². The number of hydrogen-bond acceptors (Lipinski definition) is 2. The summed E-state index contributed by atoms with van der Waals surface area (Å²) in [4.78, 5) is 2.48. The first-order chi connectivity index (χ1) is 10.3. The average molecular weight is 301 g/mol. The van der Waals surface area contributed by atoms with Gasteiger partial charge in [0.1, 0.15) is 0 Å². The zero-order valence-electron chi connectivity index (χ0n) is 12.2. The lowest BCUT2D eigenvalue weighted by Gasteiger charge is -2.21. The van der Waals surface area contributed by atoms with E-state index in [2.05, 4.69) is 41.3 Å². The van der Waals surface area contributed by atoms with Crippen LogP contribution < -0.4 is 5.73 Å². The van der Waals surface area contributed by atoms with Gasteiger partial charge in [0.05, 0.1) is 0 Å². The molecule has 2 N–H and O–H groups in total. The molecule has 0 unspecified atom stereocenters. The molecule has 21 heavy (non-hydrogen) atoms. The minimum atomic E-state index is 0.539. The second-order valence-corrected chi connectivity index (χ2v) is 6.12. The van der Waals surface area contributed by atoms with E-state index in [1.807, 2.05) is 6.07 Å². The second-order valence-electron chi connectivity index (χ2n) is 5.71. The molecule has 110 valence electrons. The van der Waals surface area contributed by atoms with Crippen molar-refractivity contribution in [3.05, 3.63) is 69.7 Å². The molecule has 2 aromatic carbocycles. The van der Waals surface area contributed by atoms with Crippen LogP contribution in [-0.4, -0.2) is 11.4 Å². The van der Waals surface area contributed by atoms with Gasteiger partial charge in [-0.25, -0.2) is 0 Å². The Morgan fingerprint density at radius 2 is 1.90 bits per heavy atom. The van der Waals surface area contributed by atoms with E-state index < -0.39 is 0 Å². The molecule has 1 aliphatic rings. The molecule has 1 heterocycles. The Labute approximate surface area is 131 Å². The lowest BCUT2D eigenvalue weighted by Crippen LogP contribution is -2.23. The van der Waals surface area contributed by atoms with Gasteiger partial charge in [-0.2, -0.15) is 0 Å². The van der Waals surface area contributed by atoms with Gasteiger partial charge in [-0.05, 0) is 47.7 Å². The molecule has 0 aromatic heterocycles. The number of nitrogens with two attached hydrogens (primary N) is 1. The van der Waals surface area contributed by atoms with Crippen molar-refractivity contribution in [1.29, 1.82) is 0 Å². The van der Waals surface area contributed by atoms with Crippen LogP contribution in [-0.2, 0) is 26.1 Å². The lowest BCUT2D eigenvalue weighted by molar-refractivity contribution is 0.261. The highest BCUT2D eigenvalue weighted by molar-refractivity contribution is 6.31. The van der Waals surface area contributed by atoms with Crippen LogP contribution in [0.3, 0.4) is 0 Å². The van der Waals surface area contributed by atoms with Gasteiger partial charge >= 0.3 is 0 Å². The molecule has 0 atom stereocenters. The molecule has 1 aliphatic heterocycles. The number of fused-ring (bicyclic) bond motifs is 1. The summed E-state index contributed by atoms with van der Waals surface area (Å²) in [5, 5.41) is 0.829. The van der Waals surface area contributed by atoms with Gasteiger partial charge in [0.25, 0.3) is 0 Å². The Morgan fingerprint density at radius 3 is 2.67 bits per heavy atom. The van der Waals surface area contributed by atoms with E-state index in [1.165, 1.54) is 29.5 Å². The summed E-state index contributed by atoms with van der Waals surface area (Å²) in [6, 6.07) is 14.9. The normalized spacial score (nSPS) is 15.5. The molecule has 0 fully saturated rings. The van der Waals surface area contributed by atoms with Gasteiger partial charge in [-0.1, -0.05) is 48.0 Å². The van der Waals surface area contributed by atoms with Gasteiger partial charge in [0, 0.05) is 24.7 Å². The molecule has 2 aromatic rings. The molecule has 0 radical (unpaired) electrons. The van der Waals surface area contributed by atoms with Crippen LogP contribution in [0.15, 0.2) is 42.5 Å². The topological polar surface area (TPSA) is 29.3 Å². The number of halogens is 1. The fourth-order valence-corrected chi connectivity index (χ4v) is 3.25. The largest absolute Gasteiger partial charge is 0.326 e. The summed E-state index contributed by atoms with van der Waals surface area (Å²) in [6.45, 7) is 3.56. The first kappa shape index (κ1) is 14.6. The number of nitrogens with zero attached hydrogens (tertiary/aromatic N) is 1. The van der Waals surface area contributed by atoms with Crippen LogP contribution in [0.25, 0.3) is 0 Å². The van der Waals surface area contributed by atoms with Crippen LogP contribution in [0.4, 0.5) is 0 Å². The van der Waals surface area contributed by atoms with E-state index in [0.29, 0.717) is 6.54 Å². The van der Waals surface area contributed by atoms with E-state index in [4.69, 9.17) is 17.3 Å². The van der Waals surface area contributed by atoms with Crippen LogP contribution in [0.2, 0.25) is 5.02 Å². The monoisotopic (exact) mass is 300 g/mol. The maximum absolute atomic E-state index is 6.39. The predicted molar refractivity (Wildman–Crippen MR) is 88.2 cm³/mol. The summed E-state index contributed by atoms with van der Waals surface area (Å²) >= 11 is 6.39. The van der Waals surface area contributed by atoms with E-state index >= 15 is 0 Å². The van der Waals surface area contributed by atoms with Gasteiger partial charge in [0.15, 0.2) is 0 Å². The Bertz CT molecular complexity index is 624. The molecular weight excluding hydrogens is 280 g/mol. The lowest BCUT2D eigenvalue weighted by atomic mass is 10.0. The molecule has 0 saturated carbocycles. The van der Waals surface area contributed by atoms with Crippen LogP contribution in [0.5, 0.6) is 0 Å². The number of aryl methyl sites for hydroxylation is 1. The van der Waals surface area contributed by atoms with Crippen molar-refractivity contribution in [3.63, 3.8) is 0 Å². The van der Waals surface area contributed by atoms with E-state index in [9.17, 15) is 0 Å². The summed E-state index contributed by atoms with van der Waals surface area (Å²) < 4.78 is 0. The molecule has 0 aliphatic carbocycles. The van der Waals surface area contributed by atoms with Crippen molar-refractivity contribution >= 4 is 11.6 Å². The maximum Gasteiger partial charge on any atom is 0.0454 e. The van der Waals surface area contributed by atoms with Gasteiger partial charge < -0.3 is 5.73 Å². The highest BCUT2D eigenvalue weighted by atomic mass is 35.5. The molecule has 3 rings (SSSR count). The SMILES string of the molecule is NCc1ccc(CN2CCCc3ccccc3C2)c(Cl)c1. The van der Waals surface area contributed by atoms with Crippen LogP contribution in [0.1, 0.15) is 28.7 Å². The molecule has 0 saturated heterocycles. The predicted octanol–water partition coefficient (Wildman–Crippen LogP) is 3.75. The molecule has 0 amide bonds. The Morgan fingerprint density at radius 1 is 1.10 bits per heavy atom. The molecule has 2 nitrogen and oxygen atoms in total. The van der Waals surface area contributed by atoms with Crippen molar-refractivity contribution in [3.8, 4) is 0 Å². The first-order valence-electron chi connectivity index (χ1n) is 7.53. The van der Waals surface area contributed by atoms with Gasteiger partial charge in [-0.15, -0.1) is 0 Å². The highest BCUT2D eigenvalue weighted by Crippen LogP contribution is 2.23. The number of rotatable bonds is 3. The van der Waals surface area contributed by atoms with Gasteiger partial charge in [-0.3, -0.25) is 4.90 Å². The zero-order chi connectivity index (χ0) is 14.7. The quantitative estimate of drug-likeness (QED) is 0.935. The smallest absolute Gasteiger partial charge is 0.0454 e. The Hall–Kier alpha value is -1.35. The fourth-order valence-electron chi connectivity index (χ4n) is 2.99.